The van der Waals surface area contributed by atoms with E-state index in [-0.39, 0.29) is 5.69 Å². The summed E-state index contributed by atoms with van der Waals surface area (Å²) < 4.78 is 5.47. The topological polar surface area (TPSA) is 52.4 Å². The third kappa shape index (κ3) is 2.39. The Hall–Kier alpha value is -1.84. The smallest absolute Gasteiger partial charge is 0.310 e. The molecule has 0 aliphatic heterocycles. The molecule has 0 amide bonds. The van der Waals surface area contributed by atoms with Crippen molar-refractivity contribution < 1.29 is 9.66 Å². The van der Waals surface area contributed by atoms with Crippen LogP contribution in [0.3, 0.4) is 0 Å². The zero-order valence-corrected chi connectivity index (χ0v) is 8.89. The molecule has 0 saturated carbocycles. The minimum atomic E-state index is -0.418. The van der Waals surface area contributed by atoms with Crippen molar-refractivity contribution in [2.75, 3.05) is 6.61 Å². The van der Waals surface area contributed by atoms with Crippen molar-refractivity contribution >= 4 is 5.69 Å². The average Bonchev–Trinajstić information content (AvgIpc) is 2.79. The summed E-state index contributed by atoms with van der Waals surface area (Å²) in [5.41, 5.74) is 1.26. The molecule has 0 aromatic heterocycles. The van der Waals surface area contributed by atoms with Gasteiger partial charge in [0.2, 0.25) is 0 Å². The van der Waals surface area contributed by atoms with Crippen molar-refractivity contribution in [3.8, 4) is 5.75 Å². The van der Waals surface area contributed by atoms with Gasteiger partial charge in [-0.25, -0.2) is 0 Å². The van der Waals surface area contributed by atoms with Crippen LogP contribution in [0.4, 0.5) is 5.69 Å². The number of benzene rings is 1. The molecule has 0 atom stereocenters. The highest BCUT2D eigenvalue weighted by atomic mass is 16.6. The lowest BCUT2D eigenvalue weighted by Gasteiger charge is -2.06. The number of rotatable bonds is 4. The summed E-state index contributed by atoms with van der Waals surface area (Å²) in [5, 5.41) is 10.7. The van der Waals surface area contributed by atoms with E-state index in [1.165, 1.54) is 11.6 Å². The van der Waals surface area contributed by atoms with Crippen molar-refractivity contribution in [3.05, 3.63) is 46.0 Å². The molecule has 0 spiro atoms. The Kier molecular flexibility index (Phi) is 3.19. The fraction of sp³-hybridized carbons (Fsp3) is 0.333. The predicted molar refractivity (Wildman–Crippen MR) is 60.5 cm³/mol. The van der Waals surface area contributed by atoms with Gasteiger partial charge in [-0.05, 0) is 30.9 Å². The van der Waals surface area contributed by atoms with E-state index in [2.05, 4.69) is 6.08 Å². The number of allylic oxidation sites excluding steroid dienone is 1. The summed E-state index contributed by atoms with van der Waals surface area (Å²) in [5.74, 6) is 0.347. The van der Waals surface area contributed by atoms with Gasteiger partial charge in [0.25, 0.3) is 0 Å². The Morgan fingerprint density at radius 2 is 2.19 bits per heavy atom. The number of nitro groups is 1. The number of nitrogens with zero attached hydrogens (tertiary/aromatic N) is 1. The summed E-state index contributed by atoms with van der Waals surface area (Å²) in [4.78, 5) is 10.3. The summed E-state index contributed by atoms with van der Waals surface area (Å²) in [6.45, 7) is 0.463. The van der Waals surface area contributed by atoms with Crippen molar-refractivity contribution in [3.63, 3.8) is 0 Å². The van der Waals surface area contributed by atoms with Crippen molar-refractivity contribution in [2.24, 2.45) is 0 Å². The summed E-state index contributed by atoms with van der Waals surface area (Å²) in [6.07, 6.45) is 5.44. The molecular formula is C12H13NO3. The maximum Gasteiger partial charge on any atom is 0.310 e. The van der Waals surface area contributed by atoms with Crippen LogP contribution in [0.2, 0.25) is 0 Å². The van der Waals surface area contributed by atoms with Crippen molar-refractivity contribution in [1.29, 1.82) is 0 Å². The van der Waals surface area contributed by atoms with Gasteiger partial charge in [0.1, 0.15) is 6.61 Å². The first-order chi connectivity index (χ1) is 7.77. The second-order valence-corrected chi connectivity index (χ2v) is 3.77. The molecule has 0 unspecified atom stereocenters. The van der Waals surface area contributed by atoms with Crippen LogP contribution in [0.25, 0.3) is 0 Å². The normalized spacial score (nSPS) is 14.6. The lowest BCUT2D eigenvalue weighted by atomic mass is 10.2. The molecular weight excluding hydrogens is 206 g/mol. The van der Waals surface area contributed by atoms with Crippen LogP contribution in [-0.4, -0.2) is 11.5 Å². The Morgan fingerprint density at radius 1 is 1.38 bits per heavy atom. The minimum absolute atomic E-state index is 0.0288. The van der Waals surface area contributed by atoms with Gasteiger partial charge in [0, 0.05) is 6.07 Å². The SMILES string of the molecule is O=[N+]([O-])c1ccccc1OCC1=CCCC1. The highest BCUT2D eigenvalue weighted by Crippen LogP contribution is 2.27. The lowest BCUT2D eigenvalue weighted by molar-refractivity contribution is -0.385. The van der Waals surface area contributed by atoms with E-state index in [0.717, 1.165) is 19.3 Å². The maximum absolute atomic E-state index is 10.7. The zero-order chi connectivity index (χ0) is 11.4. The van der Waals surface area contributed by atoms with Gasteiger partial charge in [-0.15, -0.1) is 0 Å². The van der Waals surface area contributed by atoms with E-state index in [0.29, 0.717) is 12.4 Å². The Labute approximate surface area is 93.7 Å². The van der Waals surface area contributed by atoms with Gasteiger partial charge < -0.3 is 4.74 Å². The number of hydrogen-bond acceptors (Lipinski definition) is 3. The summed E-state index contributed by atoms with van der Waals surface area (Å²) >= 11 is 0. The van der Waals surface area contributed by atoms with Crippen molar-refractivity contribution in [1.82, 2.24) is 0 Å². The molecule has 4 heteroatoms. The molecule has 4 nitrogen and oxygen atoms in total. The fourth-order valence-corrected chi connectivity index (χ4v) is 1.77. The minimum Gasteiger partial charge on any atom is -0.482 e. The second-order valence-electron chi connectivity index (χ2n) is 3.77. The number of ether oxygens (including phenoxy) is 1. The highest BCUT2D eigenvalue weighted by Gasteiger charge is 2.14. The molecule has 16 heavy (non-hydrogen) atoms. The first-order valence-electron chi connectivity index (χ1n) is 5.31. The van der Waals surface area contributed by atoms with Crippen LogP contribution >= 0.6 is 0 Å². The van der Waals surface area contributed by atoms with E-state index in [4.69, 9.17) is 4.74 Å². The predicted octanol–water partition coefficient (Wildman–Crippen LogP) is 3.08. The second kappa shape index (κ2) is 4.79. The number of nitro benzene ring substituents is 1. The van der Waals surface area contributed by atoms with Crippen LogP contribution in [-0.2, 0) is 0 Å². The molecule has 1 aliphatic rings. The number of hydrogen-bond donors (Lipinski definition) is 0. The molecule has 0 fully saturated rings. The first-order valence-corrected chi connectivity index (χ1v) is 5.31. The molecule has 1 aromatic rings. The van der Waals surface area contributed by atoms with Crippen LogP contribution in [0.15, 0.2) is 35.9 Å². The van der Waals surface area contributed by atoms with E-state index >= 15 is 0 Å². The lowest BCUT2D eigenvalue weighted by Crippen LogP contribution is -2.01. The van der Waals surface area contributed by atoms with Crippen LogP contribution in [0, 0.1) is 10.1 Å². The highest BCUT2D eigenvalue weighted by molar-refractivity contribution is 5.45. The molecule has 0 radical (unpaired) electrons. The Balaban J connectivity index is 2.05. The van der Waals surface area contributed by atoms with Crippen LogP contribution in [0.1, 0.15) is 19.3 Å². The first kappa shape index (κ1) is 10.7. The van der Waals surface area contributed by atoms with E-state index < -0.39 is 4.92 Å². The van der Waals surface area contributed by atoms with Gasteiger partial charge in [0.05, 0.1) is 4.92 Å². The number of para-hydroxylation sites is 2. The largest absolute Gasteiger partial charge is 0.482 e. The van der Waals surface area contributed by atoms with Gasteiger partial charge in [0.15, 0.2) is 5.75 Å². The molecule has 84 valence electrons. The molecule has 0 N–H and O–H groups in total. The fourth-order valence-electron chi connectivity index (χ4n) is 1.77. The zero-order valence-electron chi connectivity index (χ0n) is 8.89. The molecule has 2 rings (SSSR count). The van der Waals surface area contributed by atoms with E-state index in [1.807, 2.05) is 0 Å². The van der Waals surface area contributed by atoms with Crippen molar-refractivity contribution in [2.45, 2.75) is 19.3 Å². The van der Waals surface area contributed by atoms with E-state index in [1.54, 1.807) is 18.2 Å². The van der Waals surface area contributed by atoms with Gasteiger partial charge in [-0.3, -0.25) is 10.1 Å². The van der Waals surface area contributed by atoms with Crippen LogP contribution in [0.5, 0.6) is 5.75 Å². The molecule has 1 aromatic carbocycles. The summed E-state index contributed by atoms with van der Waals surface area (Å²) in [7, 11) is 0. The third-order valence-electron chi connectivity index (χ3n) is 2.61. The quantitative estimate of drug-likeness (QED) is 0.444. The van der Waals surface area contributed by atoms with Gasteiger partial charge in [-0.2, -0.15) is 0 Å². The van der Waals surface area contributed by atoms with Crippen LogP contribution < -0.4 is 4.74 Å². The Morgan fingerprint density at radius 3 is 2.88 bits per heavy atom. The Bertz CT molecular complexity index is 426. The maximum atomic E-state index is 10.7. The summed E-state index contributed by atoms with van der Waals surface area (Å²) in [6, 6.07) is 6.47. The molecule has 0 bridgehead atoms. The average molecular weight is 219 g/mol. The van der Waals surface area contributed by atoms with E-state index in [9.17, 15) is 10.1 Å². The molecule has 1 aliphatic carbocycles. The molecule has 0 saturated heterocycles. The third-order valence-corrected chi connectivity index (χ3v) is 2.61. The van der Waals surface area contributed by atoms with Gasteiger partial charge >= 0.3 is 5.69 Å². The molecule has 0 heterocycles. The monoisotopic (exact) mass is 219 g/mol. The standard InChI is InChI=1S/C12H13NO3/c14-13(15)11-7-3-4-8-12(11)16-9-10-5-1-2-6-10/h3-5,7-8H,1-2,6,9H2. The van der Waals surface area contributed by atoms with Gasteiger partial charge in [-0.1, -0.05) is 18.2 Å².